The average molecular weight is 374 g/mol. The van der Waals surface area contributed by atoms with Crippen LogP contribution >= 0.6 is 11.8 Å². The van der Waals surface area contributed by atoms with E-state index in [-0.39, 0.29) is 5.91 Å². The van der Waals surface area contributed by atoms with Gasteiger partial charge in [-0.1, -0.05) is 29.5 Å². The summed E-state index contributed by atoms with van der Waals surface area (Å²) >= 11 is 1.49. The number of anilines is 1. The van der Waals surface area contributed by atoms with Crippen LogP contribution in [0.4, 0.5) is 5.69 Å². The Morgan fingerprint density at radius 2 is 1.88 bits per heavy atom. The standard InChI is InChI=1S/C19H27N5OS/c1-3-24-17(13-20-16-9-7-15(2)8-10-16)21-22-19(24)26-14-18(25)23-11-5-4-6-12-23/h7-10,20H,3-6,11-14H2,1-2H3. The zero-order chi connectivity index (χ0) is 18.4. The first-order valence-corrected chi connectivity index (χ1v) is 10.3. The van der Waals surface area contributed by atoms with E-state index in [1.165, 1.54) is 23.7 Å². The van der Waals surface area contributed by atoms with Gasteiger partial charge in [-0.3, -0.25) is 4.79 Å². The van der Waals surface area contributed by atoms with Crippen molar-refractivity contribution in [1.82, 2.24) is 19.7 Å². The molecular formula is C19H27N5OS. The second kappa shape index (κ2) is 9.07. The summed E-state index contributed by atoms with van der Waals surface area (Å²) in [7, 11) is 0. The minimum Gasteiger partial charge on any atom is -0.378 e. The largest absolute Gasteiger partial charge is 0.378 e. The maximum Gasteiger partial charge on any atom is 0.233 e. The van der Waals surface area contributed by atoms with Crippen molar-refractivity contribution in [3.63, 3.8) is 0 Å². The molecule has 0 saturated carbocycles. The molecule has 6 nitrogen and oxygen atoms in total. The van der Waals surface area contributed by atoms with Crippen LogP contribution in [-0.2, 0) is 17.9 Å². The molecule has 3 rings (SSSR count). The minimum absolute atomic E-state index is 0.208. The molecule has 1 aliphatic heterocycles. The lowest BCUT2D eigenvalue weighted by molar-refractivity contribution is -0.129. The number of rotatable bonds is 7. The van der Waals surface area contributed by atoms with Gasteiger partial charge in [0.2, 0.25) is 5.91 Å². The fraction of sp³-hybridized carbons (Fsp3) is 0.526. The number of piperidine rings is 1. The Kier molecular flexibility index (Phi) is 6.55. The van der Waals surface area contributed by atoms with Crippen LogP contribution < -0.4 is 5.32 Å². The molecule has 0 radical (unpaired) electrons. The van der Waals surface area contributed by atoms with Gasteiger partial charge < -0.3 is 14.8 Å². The lowest BCUT2D eigenvalue weighted by atomic mass is 10.1. The Balaban J connectivity index is 1.56. The van der Waals surface area contributed by atoms with E-state index >= 15 is 0 Å². The molecule has 0 bridgehead atoms. The predicted molar refractivity (Wildman–Crippen MR) is 105 cm³/mol. The molecule has 1 aromatic carbocycles. The Labute approximate surface area is 159 Å². The van der Waals surface area contributed by atoms with Crippen molar-refractivity contribution in [2.24, 2.45) is 0 Å². The van der Waals surface area contributed by atoms with Gasteiger partial charge in [-0.15, -0.1) is 10.2 Å². The van der Waals surface area contributed by atoms with Crippen molar-refractivity contribution in [3.8, 4) is 0 Å². The number of carbonyl (C=O) groups is 1. The topological polar surface area (TPSA) is 63.1 Å². The maximum atomic E-state index is 12.4. The summed E-state index contributed by atoms with van der Waals surface area (Å²) in [5, 5.41) is 12.8. The quantitative estimate of drug-likeness (QED) is 0.754. The number of hydrogen-bond acceptors (Lipinski definition) is 5. The molecule has 0 spiro atoms. The number of amides is 1. The van der Waals surface area contributed by atoms with Crippen LogP contribution in [0.5, 0.6) is 0 Å². The molecule has 1 aromatic heterocycles. The van der Waals surface area contributed by atoms with Gasteiger partial charge in [0.15, 0.2) is 11.0 Å². The lowest BCUT2D eigenvalue weighted by Crippen LogP contribution is -2.36. The van der Waals surface area contributed by atoms with Gasteiger partial charge in [-0.25, -0.2) is 0 Å². The van der Waals surface area contributed by atoms with Gasteiger partial charge in [0.25, 0.3) is 0 Å². The van der Waals surface area contributed by atoms with E-state index in [1.54, 1.807) is 0 Å². The summed E-state index contributed by atoms with van der Waals surface area (Å²) in [5.41, 5.74) is 2.31. The number of carbonyl (C=O) groups excluding carboxylic acids is 1. The smallest absolute Gasteiger partial charge is 0.233 e. The number of nitrogens with one attached hydrogen (secondary N) is 1. The monoisotopic (exact) mass is 373 g/mol. The third-order valence-corrected chi connectivity index (χ3v) is 5.60. The number of nitrogens with zero attached hydrogens (tertiary/aromatic N) is 4. The van der Waals surface area contributed by atoms with Crippen molar-refractivity contribution in [1.29, 1.82) is 0 Å². The van der Waals surface area contributed by atoms with E-state index in [2.05, 4.69) is 58.2 Å². The fourth-order valence-corrected chi connectivity index (χ4v) is 4.01. The summed E-state index contributed by atoms with van der Waals surface area (Å²) in [5.74, 6) is 1.53. The number of aromatic nitrogens is 3. The zero-order valence-corrected chi connectivity index (χ0v) is 16.4. The van der Waals surface area contributed by atoms with Crippen molar-refractivity contribution in [2.75, 3.05) is 24.2 Å². The average Bonchev–Trinajstić information content (AvgIpc) is 3.08. The van der Waals surface area contributed by atoms with Crippen LogP contribution in [0.2, 0.25) is 0 Å². The van der Waals surface area contributed by atoms with E-state index in [9.17, 15) is 4.79 Å². The highest BCUT2D eigenvalue weighted by Gasteiger charge is 2.18. The van der Waals surface area contributed by atoms with Gasteiger partial charge in [-0.05, 0) is 45.2 Å². The molecule has 0 atom stereocenters. The summed E-state index contributed by atoms with van der Waals surface area (Å²) in [6.07, 6.45) is 3.48. The van der Waals surface area contributed by atoms with Gasteiger partial charge in [-0.2, -0.15) is 0 Å². The van der Waals surface area contributed by atoms with E-state index < -0.39 is 0 Å². The number of aryl methyl sites for hydroxylation is 1. The summed E-state index contributed by atoms with van der Waals surface area (Å²) in [6.45, 7) is 7.35. The van der Waals surface area contributed by atoms with Gasteiger partial charge >= 0.3 is 0 Å². The fourth-order valence-electron chi connectivity index (χ4n) is 3.09. The molecule has 26 heavy (non-hydrogen) atoms. The Morgan fingerprint density at radius 1 is 1.15 bits per heavy atom. The number of benzene rings is 1. The summed E-state index contributed by atoms with van der Waals surface area (Å²) in [4.78, 5) is 14.3. The van der Waals surface area contributed by atoms with Crippen LogP contribution in [0.15, 0.2) is 29.4 Å². The third-order valence-electron chi connectivity index (χ3n) is 4.65. The van der Waals surface area contributed by atoms with Crippen molar-refractivity contribution < 1.29 is 4.79 Å². The molecule has 2 heterocycles. The molecule has 140 valence electrons. The van der Waals surface area contributed by atoms with E-state index in [4.69, 9.17) is 0 Å². The molecule has 7 heteroatoms. The molecule has 0 unspecified atom stereocenters. The molecule has 0 aliphatic carbocycles. The first-order chi connectivity index (χ1) is 12.7. The van der Waals surface area contributed by atoms with Crippen LogP contribution in [-0.4, -0.2) is 44.4 Å². The maximum absolute atomic E-state index is 12.4. The zero-order valence-electron chi connectivity index (χ0n) is 15.6. The predicted octanol–water partition coefficient (Wildman–Crippen LogP) is 3.32. The third kappa shape index (κ3) is 4.78. The van der Waals surface area contributed by atoms with Crippen molar-refractivity contribution >= 4 is 23.4 Å². The Bertz CT molecular complexity index is 722. The number of thioether (sulfide) groups is 1. The van der Waals surface area contributed by atoms with Crippen molar-refractivity contribution in [3.05, 3.63) is 35.7 Å². The minimum atomic E-state index is 0.208. The molecule has 2 aromatic rings. The van der Waals surface area contributed by atoms with Crippen LogP contribution in [0.1, 0.15) is 37.6 Å². The highest BCUT2D eigenvalue weighted by molar-refractivity contribution is 7.99. The Morgan fingerprint density at radius 3 is 2.58 bits per heavy atom. The van der Waals surface area contributed by atoms with Crippen LogP contribution in [0, 0.1) is 6.92 Å². The van der Waals surface area contributed by atoms with Gasteiger partial charge in [0.05, 0.1) is 12.3 Å². The van der Waals surface area contributed by atoms with Gasteiger partial charge in [0.1, 0.15) is 0 Å². The molecular weight excluding hydrogens is 346 g/mol. The second-order valence-electron chi connectivity index (χ2n) is 6.59. The van der Waals surface area contributed by atoms with Gasteiger partial charge in [0, 0.05) is 25.3 Å². The SMILES string of the molecule is CCn1c(CNc2ccc(C)cc2)nnc1SCC(=O)N1CCCCC1. The lowest BCUT2D eigenvalue weighted by Gasteiger charge is -2.26. The first-order valence-electron chi connectivity index (χ1n) is 9.30. The molecule has 1 saturated heterocycles. The second-order valence-corrected chi connectivity index (χ2v) is 7.54. The van der Waals surface area contributed by atoms with E-state index in [0.717, 1.165) is 49.1 Å². The normalized spacial score (nSPS) is 14.5. The molecule has 1 fully saturated rings. The van der Waals surface area contributed by atoms with Crippen molar-refractivity contribution in [2.45, 2.75) is 51.4 Å². The molecule has 1 amide bonds. The van der Waals surface area contributed by atoms with E-state index in [0.29, 0.717) is 12.3 Å². The first kappa shape index (κ1) is 18.8. The van der Waals surface area contributed by atoms with Crippen LogP contribution in [0.25, 0.3) is 0 Å². The molecule has 1 N–H and O–H groups in total. The summed E-state index contributed by atoms with van der Waals surface area (Å²) < 4.78 is 2.08. The Hall–Kier alpha value is -2.02. The number of hydrogen-bond donors (Lipinski definition) is 1. The highest BCUT2D eigenvalue weighted by Crippen LogP contribution is 2.20. The summed E-state index contributed by atoms with van der Waals surface area (Å²) in [6, 6.07) is 8.30. The number of likely N-dealkylation sites (tertiary alicyclic amines) is 1. The molecule has 1 aliphatic rings. The van der Waals surface area contributed by atoms with E-state index in [1.807, 2.05) is 4.90 Å². The van der Waals surface area contributed by atoms with Crippen LogP contribution in [0.3, 0.4) is 0 Å². The highest BCUT2D eigenvalue weighted by atomic mass is 32.2.